The lowest BCUT2D eigenvalue weighted by Crippen LogP contribution is -2.47. The highest BCUT2D eigenvalue weighted by Crippen LogP contribution is 2.33. The van der Waals surface area contributed by atoms with Gasteiger partial charge in [0.25, 0.3) is 11.8 Å². The first-order valence-corrected chi connectivity index (χ1v) is 9.38. The van der Waals surface area contributed by atoms with E-state index in [0.717, 1.165) is 12.1 Å². The van der Waals surface area contributed by atoms with Crippen molar-refractivity contribution in [2.45, 2.75) is 25.7 Å². The van der Waals surface area contributed by atoms with E-state index in [1.807, 2.05) is 0 Å². The van der Waals surface area contributed by atoms with Gasteiger partial charge in [0.1, 0.15) is 5.69 Å². The van der Waals surface area contributed by atoms with E-state index in [2.05, 4.69) is 10.4 Å². The summed E-state index contributed by atoms with van der Waals surface area (Å²) in [5.74, 6) is -0.936. The fourth-order valence-electron chi connectivity index (χ4n) is 3.54. The molecule has 0 radical (unpaired) electrons. The maximum absolute atomic E-state index is 13.2. The van der Waals surface area contributed by atoms with Crippen LogP contribution in [-0.2, 0) is 12.7 Å². The minimum absolute atomic E-state index is 0.148. The number of anilines is 3. The van der Waals surface area contributed by atoms with Crippen LogP contribution in [0, 0.1) is 0 Å². The largest absolute Gasteiger partial charge is 0.416 e. The summed E-state index contributed by atoms with van der Waals surface area (Å²) in [5, 5.41) is 6.84. The Labute approximate surface area is 175 Å². The Morgan fingerprint density at radius 1 is 1.19 bits per heavy atom. The molecule has 1 atom stereocenters. The molecule has 10 heteroatoms. The van der Waals surface area contributed by atoms with Gasteiger partial charge in [0.15, 0.2) is 0 Å². The minimum Gasteiger partial charge on any atom is -0.399 e. The number of nitrogens with zero attached hydrogens (tertiary/aromatic N) is 3. The Kier molecular flexibility index (Phi) is 4.92. The third-order valence-corrected chi connectivity index (χ3v) is 5.01. The number of amides is 2. The molecule has 3 aromatic rings. The molecule has 0 spiro atoms. The predicted molar refractivity (Wildman–Crippen MR) is 109 cm³/mol. The summed E-state index contributed by atoms with van der Waals surface area (Å²) in [6.45, 7) is 2.08. The molecular formula is C21H18F3N5O2. The maximum Gasteiger partial charge on any atom is 0.416 e. The second kappa shape index (κ2) is 7.46. The van der Waals surface area contributed by atoms with Gasteiger partial charge in [-0.05, 0) is 49.4 Å². The summed E-state index contributed by atoms with van der Waals surface area (Å²) >= 11 is 0. The van der Waals surface area contributed by atoms with Crippen LogP contribution in [0.5, 0.6) is 0 Å². The number of benzene rings is 2. The van der Waals surface area contributed by atoms with Gasteiger partial charge in [-0.2, -0.15) is 18.3 Å². The van der Waals surface area contributed by atoms with Gasteiger partial charge in [-0.1, -0.05) is 6.07 Å². The summed E-state index contributed by atoms with van der Waals surface area (Å²) in [4.78, 5) is 27.2. The summed E-state index contributed by atoms with van der Waals surface area (Å²) < 4.78 is 40.1. The van der Waals surface area contributed by atoms with Gasteiger partial charge in [0.2, 0.25) is 0 Å². The molecule has 1 aliphatic heterocycles. The Morgan fingerprint density at radius 3 is 2.55 bits per heavy atom. The predicted octanol–water partition coefficient (Wildman–Crippen LogP) is 3.79. The fourth-order valence-corrected chi connectivity index (χ4v) is 3.54. The Morgan fingerprint density at radius 2 is 1.90 bits per heavy atom. The van der Waals surface area contributed by atoms with Gasteiger partial charge in [-0.15, -0.1) is 0 Å². The zero-order valence-corrected chi connectivity index (χ0v) is 16.3. The van der Waals surface area contributed by atoms with Crippen molar-refractivity contribution in [1.82, 2.24) is 9.78 Å². The lowest BCUT2D eigenvalue weighted by atomic mass is 10.1. The first-order chi connectivity index (χ1) is 14.6. The van der Waals surface area contributed by atoms with Crippen molar-refractivity contribution in [3.63, 3.8) is 0 Å². The van der Waals surface area contributed by atoms with Gasteiger partial charge in [-0.25, -0.2) is 0 Å². The molecule has 0 saturated heterocycles. The zero-order valence-electron chi connectivity index (χ0n) is 16.3. The summed E-state index contributed by atoms with van der Waals surface area (Å²) in [6.07, 6.45) is -3.09. The average Bonchev–Trinajstić information content (AvgIpc) is 3.10. The van der Waals surface area contributed by atoms with E-state index in [1.54, 1.807) is 25.1 Å². The van der Waals surface area contributed by atoms with Crippen LogP contribution in [-0.4, -0.2) is 27.6 Å². The third kappa shape index (κ3) is 3.83. The Hall–Kier alpha value is -3.82. The number of nitrogens with one attached hydrogen (secondary N) is 1. The molecule has 2 amide bonds. The summed E-state index contributed by atoms with van der Waals surface area (Å²) in [7, 11) is 0. The van der Waals surface area contributed by atoms with Crippen LogP contribution in [0.15, 0.2) is 54.7 Å². The van der Waals surface area contributed by atoms with Crippen molar-refractivity contribution in [1.29, 1.82) is 0 Å². The monoisotopic (exact) mass is 429 g/mol. The number of carbonyl (C=O) groups is 2. The highest BCUT2D eigenvalue weighted by molar-refractivity contribution is 6.13. The SMILES string of the molecule is C[C@H]1Cn2ncc(NC(=O)c3cccc(N)c3)c2C(=O)N1c1ccc(C(F)(F)F)cc1. The molecule has 2 heterocycles. The van der Waals surface area contributed by atoms with Gasteiger partial charge < -0.3 is 16.0 Å². The van der Waals surface area contributed by atoms with Gasteiger partial charge in [-0.3, -0.25) is 14.3 Å². The highest BCUT2D eigenvalue weighted by Gasteiger charge is 2.36. The lowest BCUT2D eigenvalue weighted by molar-refractivity contribution is -0.137. The van der Waals surface area contributed by atoms with Crippen LogP contribution in [0.4, 0.5) is 30.2 Å². The number of rotatable bonds is 3. The van der Waals surface area contributed by atoms with E-state index in [1.165, 1.54) is 34.0 Å². The number of fused-ring (bicyclic) bond motifs is 1. The first kappa shape index (κ1) is 20.5. The number of nitrogens with two attached hydrogens (primary N) is 1. The van der Waals surface area contributed by atoms with Crippen LogP contribution in [0.3, 0.4) is 0 Å². The van der Waals surface area contributed by atoms with Crippen LogP contribution in [0.2, 0.25) is 0 Å². The molecular weight excluding hydrogens is 411 g/mol. The van der Waals surface area contributed by atoms with Crippen molar-refractivity contribution in [3.05, 3.63) is 71.5 Å². The van der Waals surface area contributed by atoms with Crippen LogP contribution in [0.1, 0.15) is 33.3 Å². The van der Waals surface area contributed by atoms with E-state index in [9.17, 15) is 22.8 Å². The van der Waals surface area contributed by atoms with E-state index in [0.29, 0.717) is 23.5 Å². The van der Waals surface area contributed by atoms with Gasteiger partial charge >= 0.3 is 6.18 Å². The summed E-state index contributed by atoms with van der Waals surface area (Å²) in [5.41, 5.74) is 6.33. The molecule has 31 heavy (non-hydrogen) atoms. The second-order valence-electron chi connectivity index (χ2n) is 7.24. The molecule has 3 N–H and O–H groups in total. The molecule has 1 aliphatic rings. The zero-order chi connectivity index (χ0) is 22.3. The molecule has 4 rings (SSSR count). The van der Waals surface area contributed by atoms with Gasteiger partial charge in [0, 0.05) is 16.9 Å². The normalized spacial score (nSPS) is 16.2. The molecule has 160 valence electrons. The van der Waals surface area contributed by atoms with Crippen LogP contribution in [0.25, 0.3) is 0 Å². The van der Waals surface area contributed by atoms with E-state index < -0.39 is 23.6 Å². The molecule has 0 aliphatic carbocycles. The molecule has 2 aromatic carbocycles. The standard InChI is InChI=1S/C21H18F3N5O2/c1-12-11-28-18(17(10-26-28)27-19(30)13-3-2-4-15(25)9-13)20(31)29(12)16-7-5-14(6-8-16)21(22,23)24/h2-10,12H,11,25H2,1H3,(H,27,30)/t12-/m0/s1. The number of nitrogen functional groups attached to an aromatic ring is 1. The molecule has 1 aromatic heterocycles. The van der Waals surface area contributed by atoms with Crippen LogP contribution < -0.4 is 16.0 Å². The molecule has 0 unspecified atom stereocenters. The van der Waals surface area contributed by atoms with Crippen molar-refractivity contribution >= 4 is 28.9 Å². The van der Waals surface area contributed by atoms with Crippen molar-refractivity contribution < 1.29 is 22.8 Å². The number of aromatic nitrogens is 2. The first-order valence-electron chi connectivity index (χ1n) is 9.38. The highest BCUT2D eigenvalue weighted by atomic mass is 19.4. The van der Waals surface area contributed by atoms with Crippen molar-refractivity contribution in [3.8, 4) is 0 Å². The molecule has 7 nitrogen and oxygen atoms in total. The third-order valence-electron chi connectivity index (χ3n) is 5.01. The second-order valence-corrected chi connectivity index (χ2v) is 7.24. The maximum atomic E-state index is 13.2. The smallest absolute Gasteiger partial charge is 0.399 e. The lowest BCUT2D eigenvalue weighted by Gasteiger charge is -2.34. The van der Waals surface area contributed by atoms with Gasteiger partial charge in [0.05, 0.1) is 30.0 Å². The topological polar surface area (TPSA) is 93.2 Å². The molecule has 0 bridgehead atoms. The summed E-state index contributed by atoms with van der Waals surface area (Å²) in [6, 6.07) is 10.4. The van der Waals surface area contributed by atoms with E-state index in [-0.39, 0.29) is 17.4 Å². The van der Waals surface area contributed by atoms with E-state index >= 15 is 0 Å². The fraction of sp³-hybridized carbons (Fsp3) is 0.190. The average molecular weight is 429 g/mol. The Bertz CT molecular complexity index is 1150. The molecule has 0 fully saturated rings. The number of halogens is 3. The van der Waals surface area contributed by atoms with Crippen molar-refractivity contribution in [2.24, 2.45) is 0 Å². The van der Waals surface area contributed by atoms with E-state index in [4.69, 9.17) is 5.73 Å². The number of hydrogen-bond acceptors (Lipinski definition) is 4. The quantitative estimate of drug-likeness (QED) is 0.620. The number of alkyl halides is 3. The minimum atomic E-state index is -4.47. The number of carbonyl (C=O) groups excluding carboxylic acids is 2. The Balaban J connectivity index is 1.63. The van der Waals surface area contributed by atoms with Crippen LogP contribution >= 0.6 is 0 Å². The van der Waals surface area contributed by atoms with Crippen molar-refractivity contribution in [2.75, 3.05) is 16.0 Å². The number of hydrogen-bond donors (Lipinski definition) is 2. The molecule has 0 saturated carbocycles.